The molecular formula is C10H16N2O3. The molecule has 84 valence electrons. The molecule has 0 radical (unpaired) electrons. The van der Waals surface area contributed by atoms with Gasteiger partial charge in [0.2, 0.25) is 0 Å². The Labute approximate surface area is 88.3 Å². The Morgan fingerprint density at radius 1 is 1.60 bits per heavy atom. The predicted molar refractivity (Wildman–Crippen MR) is 54.4 cm³/mol. The van der Waals surface area contributed by atoms with Crippen molar-refractivity contribution < 1.29 is 15.0 Å². The second-order valence-electron chi connectivity index (χ2n) is 3.96. The summed E-state index contributed by atoms with van der Waals surface area (Å²) in [4.78, 5) is 10.5. The number of aliphatic carboxylic acids is 1. The number of aliphatic hydroxyl groups is 1. The molecule has 1 aromatic heterocycles. The number of carboxylic acids is 1. The molecule has 15 heavy (non-hydrogen) atoms. The third-order valence-corrected chi connectivity index (χ3v) is 2.03. The number of aromatic nitrogens is 2. The van der Waals surface area contributed by atoms with Crippen molar-refractivity contribution in [2.24, 2.45) is 5.92 Å². The van der Waals surface area contributed by atoms with Gasteiger partial charge in [0.25, 0.3) is 0 Å². The normalized spacial score (nSPS) is 13.1. The van der Waals surface area contributed by atoms with Gasteiger partial charge in [-0.2, -0.15) is 5.10 Å². The standard InChI is InChI=1S/C10H16N2O3/c1-7(2)6-12-8(3-4-11-12)5-9(13)10(14)15/h3-4,7,9,13H,5-6H2,1-2H3,(H,14,15). The number of hydrogen-bond donors (Lipinski definition) is 2. The van der Waals surface area contributed by atoms with Crippen LogP contribution in [0.3, 0.4) is 0 Å². The fourth-order valence-corrected chi connectivity index (χ4v) is 1.33. The molecule has 0 amide bonds. The summed E-state index contributed by atoms with van der Waals surface area (Å²) in [5, 5.41) is 21.9. The van der Waals surface area contributed by atoms with Gasteiger partial charge in [0.15, 0.2) is 6.10 Å². The molecule has 1 aromatic rings. The molecule has 0 aliphatic heterocycles. The first-order chi connectivity index (χ1) is 7.00. The monoisotopic (exact) mass is 212 g/mol. The highest BCUT2D eigenvalue weighted by Crippen LogP contribution is 2.06. The van der Waals surface area contributed by atoms with Gasteiger partial charge in [-0.3, -0.25) is 4.68 Å². The lowest BCUT2D eigenvalue weighted by atomic mass is 10.2. The van der Waals surface area contributed by atoms with E-state index < -0.39 is 12.1 Å². The molecule has 0 aromatic carbocycles. The minimum absolute atomic E-state index is 0.0993. The zero-order chi connectivity index (χ0) is 11.4. The molecular weight excluding hydrogens is 196 g/mol. The first-order valence-corrected chi connectivity index (χ1v) is 4.92. The largest absolute Gasteiger partial charge is 0.479 e. The van der Waals surface area contributed by atoms with E-state index in [9.17, 15) is 9.90 Å². The number of hydrogen-bond acceptors (Lipinski definition) is 3. The maximum absolute atomic E-state index is 10.5. The highest BCUT2D eigenvalue weighted by Gasteiger charge is 2.16. The number of aliphatic hydroxyl groups excluding tert-OH is 1. The van der Waals surface area contributed by atoms with E-state index in [1.807, 2.05) is 0 Å². The molecule has 0 spiro atoms. The van der Waals surface area contributed by atoms with Crippen LogP contribution in [-0.2, 0) is 17.8 Å². The summed E-state index contributed by atoms with van der Waals surface area (Å²) >= 11 is 0. The van der Waals surface area contributed by atoms with Crippen molar-refractivity contribution in [1.29, 1.82) is 0 Å². The van der Waals surface area contributed by atoms with Crippen molar-refractivity contribution in [1.82, 2.24) is 9.78 Å². The molecule has 2 N–H and O–H groups in total. The Bertz CT molecular complexity index is 333. The number of nitrogens with zero attached hydrogens (tertiary/aromatic N) is 2. The molecule has 0 saturated carbocycles. The molecule has 1 heterocycles. The maximum atomic E-state index is 10.5. The molecule has 0 saturated heterocycles. The van der Waals surface area contributed by atoms with Crippen LogP contribution in [0, 0.1) is 5.92 Å². The van der Waals surface area contributed by atoms with Gasteiger partial charge in [-0.25, -0.2) is 4.79 Å². The fourth-order valence-electron chi connectivity index (χ4n) is 1.33. The summed E-state index contributed by atoms with van der Waals surface area (Å²) in [6.45, 7) is 4.84. The van der Waals surface area contributed by atoms with E-state index in [1.54, 1.807) is 16.9 Å². The number of rotatable bonds is 5. The van der Waals surface area contributed by atoms with Crippen LogP contribution in [0.5, 0.6) is 0 Å². The minimum Gasteiger partial charge on any atom is -0.479 e. The molecule has 0 aliphatic carbocycles. The smallest absolute Gasteiger partial charge is 0.332 e. The van der Waals surface area contributed by atoms with Crippen molar-refractivity contribution in [3.8, 4) is 0 Å². The Hall–Kier alpha value is -1.36. The molecule has 0 fully saturated rings. The Balaban J connectivity index is 2.68. The average molecular weight is 212 g/mol. The second-order valence-corrected chi connectivity index (χ2v) is 3.96. The predicted octanol–water partition coefficient (Wildman–Crippen LogP) is 0.527. The van der Waals surface area contributed by atoms with Gasteiger partial charge in [-0.1, -0.05) is 13.8 Å². The third kappa shape index (κ3) is 3.36. The van der Waals surface area contributed by atoms with E-state index in [-0.39, 0.29) is 6.42 Å². The zero-order valence-electron chi connectivity index (χ0n) is 8.92. The lowest BCUT2D eigenvalue weighted by Gasteiger charge is -2.11. The van der Waals surface area contributed by atoms with E-state index in [4.69, 9.17) is 5.11 Å². The Kier molecular flexibility index (Phi) is 3.85. The number of carbonyl (C=O) groups is 1. The van der Waals surface area contributed by atoms with Crippen LogP contribution in [0.2, 0.25) is 0 Å². The van der Waals surface area contributed by atoms with Gasteiger partial charge in [0.1, 0.15) is 0 Å². The van der Waals surface area contributed by atoms with Gasteiger partial charge in [0, 0.05) is 24.9 Å². The summed E-state index contributed by atoms with van der Waals surface area (Å²) in [5.74, 6) is -0.766. The summed E-state index contributed by atoms with van der Waals surface area (Å²) in [6, 6.07) is 1.73. The van der Waals surface area contributed by atoms with Gasteiger partial charge < -0.3 is 10.2 Å². The molecule has 0 aliphatic rings. The van der Waals surface area contributed by atoms with E-state index >= 15 is 0 Å². The molecule has 5 heteroatoms. The fraction of sp³-hybridized carbons (Fsp3) is 0.600. The lowest BCUT2D eigenvalue weighted by molar-refractivity contribution is -0.146. The van der Waals surface area contributed by atoms with E-state index in [0.29, 0.717) is 5.92 Å². The van der Waals surface area contributed by atoms with Gasteiger partial charge in [-0.15, -0.1) is 0 Å². The van der Waals surface area contributed by atoms with Crippen LogP contribution in [0.4, 0.5) is 0 Å². The third-order valence-electron chi connectivity index (χ3n) is 2.03. The molecule has 1 unspecified atom stereocenters. The Morgan fingerprint density at radius 3 is 2.80 bits per heavy atom. The topological polar surface area (TPSA) is 75.3 Å². The van der Waals surface area contributed by atoms with Crippen molar-refractivity contribution in [3.63, 3.8) is 0 Å². The molecule has 1 rings (SSSR count). The summed E-state index contributed by atoms with van der Waals surface area (Å²) in [7, 11) is 0. The highest BCUT2D eigenvalue weighted by atomic mass is 16.4. The Morgan fingerprint density at radius 2 is 2.27 bits per heavy atom. The molecule has 1 atom stereocenters. The van der Waals surface area contributed by atoms with Crippen LogP contribution in [0.25, 0.3) is 0 Å². The van der Waals surface area contributed by atoms with Gasteiger partial charge in [0.05, 0.1) is 0 Å². The zero-order valence-corrected chi connectivity index (χ0v) is 8.92. The maximum Gasteiger partial charge on any atom is 0.332 e. The summed E-state index contributed by atoms with van der Waals surface area (Å²) in [5.41, 5.74) is 0.749. The van der Waals surface area contributed by atoms with Crippen molar-refractivity contribution in [2.75, 3.05) is 0 Å². The minimum atomic E-state index is -1.35. The van der Waals surface area contributed by atoms with E-state index in [0.717, 1.165) is 12.2 Å². The van der Waals surface area contributed by atoms with Crippen molar-refractivity contribution >= 4 is 5.97 Å². The summed E-state index contributed by atoms with van der Waals surface area (Å²) in [6.07, 6.45) is 0.363. The SMILES string of the molecule is CC(C)Cn1nccc1CC(O)C(=O)O. The van der Waals surface area contributed by atoms with Crippen LogP contribution in [0.1, 0.15) is 19.5 Å². The van der Waals surface area contributed by atoms with E-state index in [1.165, 1.54) is 0 Å². The first-order valence-electron chi connectivity index (χ1n) is 4.92. The highest BCUT2D eigenvalue weighted by molar-refractivity contribution is 5.72. The van der Waals surface area contributed by atoms with Crippen molar-refractivity contribution in [3.05, 3.63) is 18.0 Å². The first kappa shape index (κ1) is 11.7. The quantitative estimate of drug-likeness (QED) is 0.746. The van der Waals surface area contributed by atoms with Gasteiger partial charge >= 0.3 is 5.97 Å². The van der Waals surface area contributed by atoms with Crippen LogP contribution >= 0.6 is 0 Å². The van der Waals surface area contributed by atoms with Crippen LogP contribution < -0.4 is 0 Å². The average Bonchev–Trinajstić information content (AvgIpc) is 2.51. The van der Waals surface area contributed by atoms with Crippen molar-refractivity contribution in [2.45, 2.75) is 32.9 Å². The lowest BCUT2D eigenvalue weighted by Crippen LogP contribution is -2.24. The molecule has 5 nitrogen and oxygen atoms in total. The van der Waals surface area contributed by atoms with E-state index in [2.05, 4.69) is 18.9 Å². The van der Waals surface area contributed by atoms with Gasteiger partial charge in [-0.05, 0) is 12.0 Å². The summed E-state index contributed by atoms with van der Waals surface area (Å²) < 4.78 is 1.73. The van der Waals surface area contributed by atoms with Crippen LogP contribution in [0.15, 0.2) is 12.3 Å². The molecule has 0 bridgehead atoms. The number of carboxylic acid groups (broad SMARTS) is 1. The van der Waals surface area contributed by atoms with Crippen LogP contribution in [-0.4, -0.2) is 32.1 Å². The second kappa shape index (κ2) is 4.93.